The van der Waals surface area contributed by atoms with Crippen LogP contribution in [0.25, 0.3) is 5.76 Å². The minimum atomic E-state index is -0.705. The maximum Gasteiger partial charge on any atom is 0.295 e. The molecule has 0 radical (unpaired) electrons. The van der Waals surface area contributed by atoms with Crippen molar-refractivity contribution < 1.29 is 24.2 Å². The fourth-order valence-corrected chi connectivity index (χ4v) is 4.20. The van der Waals surface area contributed by atoms with Gasteiger partial charge in [0.25, 0.3) is 11.7 Å². The number of likely N-dealkylation sites (tertiary alicyclic amines) is 1. The van der Waals surface area contributed by atoms with Crippen LogP contribution in [0.15, 0.2) is 60.7 Å². The van der Waals surface area contributed by atoms with Crippen molar-refractivity contribution in [1.82, 2.24) is 4.90 Å². The summed E-state index contributed by atoms with van der Waals surface area (Å²) in [5.41, 5.74) is 2.17. The molecule has 1 fully saturated rings. The van der Waals surface area contributed by atoms with Gasteiger partial charge in [0.15, 0.2) is 0 Å². The lowest BCUT2D eigenvalue weighted by atomic mass is 9.93. The quantitative estimate of drug-likeness (QED) is 0.215. The molecule has 3 rings (SSSR count). The zero-order valence-corrected chi connectivity index (χ0v) is 20.3. The molecular weight excluding hydrogens is 430 g/mol. The number of Topliss-reactive ketones (excluding diaryl/α,β-unsaturated/α-hetero) is 1. The number of methoxy groups -OCH3 is 1. The molecule has 1 amide bonds. The van der Waals surface area contributed by atoms with Gasteiger partial charge in [0.1, 0.15) is 23.9 Å². The van der Waals surface area contributed by atoms with Crippen molar-refractivity contribution in [3.63, 3.8) is 0 Å². The lowest BCUT2D eigenvalue weighted by Crippen LogP contribution is -2.30. The molecule has 1 atom stereocenters. The van der Waals surface area contributed by atoms with E-state index in [4.69, 9.17) is 9.47 Å². The minimum absolute atomic E-state index is 0.0850. The van der Waals surface area contributed by atoms with E-state index in [1.165, 1.54) is 0 Å². The molecule has 2 aromatic rings. The number of carbonyl (C=O) groups is 2. The van der Waals surface area contributed by atoms with Gasteiger partial charge in [-0.25, -0.2) is 0 Å². The van der Waals surface area contributed by atoms with Crippen molar-refractivity contribution in [2.75, 3.05) is 20.3 Å². The summed E-state index contributed by atoms with van der Waals surface area (Å²) in [4.78, 5) is 27.8. The minimum Gasteiger partial charge on any atom is -0.507 e. The van der Waals surface area contributed by atoms with Crippen molar-refractivity contribution >= 4 is 17.4 Å². The molecule has 0 aromatic heterocycles. The molecule has 1 N–H and O–H groups in total. The van der Waals surface area contributed by atoms with Crippen molar-refractivity contribution in [3.8, 4) is 11.5 Å². The largest absolute Gasteiger partial charge is 0.507 e. The Balaban J connectivity index is 2.17. The molecule has 1 unspecified atom stereocenters. The van der Waals surface area contributed by atoms with Crippen LogP contribution >= 0.6 is 0 Å². The number of benzene rings is 2. The van der Waals surface area contributed by atoms with Crippen LogP contribution in [-0.2, 0) is 9.59 Å². The fourth-order valence-electron chi connectivity index (χ4n) is 4.20. The predicted molar refractivity (Wildman–Crippen MR) is 133 cm³/mol. The van der Waals surface area contributed by atoms with Crippen LogP contribution in [0.2, 0.25) is 0 Å². The van der Waals surface area contributed by atoms with E-state index in [0.717, 1.165) is 18.4 Å². The summed E-state index contributed by atoms with van der Waals surface area (Å²) < 4.78 is 11.1. The number of hydrogen-bond donors (Lipinski definition) is 1. The average Bonchev–Trinajstić information content (AvgIpc) is 3.10. The first kappa shape index (κ1) is 25.1. The first-order valence-corrected chi connectivity index (χ1v) is 11.6. The molecule has 1 heterocycles. The molecule has 180 valence electrons. The van der Waals surface area contributed by atoms with Gasteiger partial charge in [-0.05, 0) is 53.8 Å². The second-order valence-corrected chi connectivity index (χ2v) is 8.63. The van der Waals surface area contributed by atoms with Gasteiger partial charge in [0.2, 0.25) is 0 Å². The molecule has 0 spiro atoms. The normalized spacial score (nSPS) is 17.3. The maximum absolute atomic E-state index is 13.2. The zero-order chi connectivity index (χ0) is 24.8. The Kier molecular flexibility index (Phi) is 8.16. The van der Waals surface area contributed by atoms with Crippen LogP contribution in [-0.4, -0.2) is 42.0 Å². The van der Waals surface area contributed by atoms with Gasteiger partial charge < -0.3 is 19.5 Å². The molecular formula is C28H33NO5. The highest BCUT2D eigenvalue weighted by Gasteiger charge is 2.45. The van der Waals surface area contributed by atoms with E-state index < -0.39 is 17.7 Å². The molecule has 0 saturated carbocycles. The summed E-state index contributed by atoms with van der Waals surface area (Å²) in [5, 5.41) is 11.4. The number of hydrogen-bond acceptors (Lipinski definition) is 5. The summed E-state index contributed by atoms with van der Waals surface area (Å²) in [5.74, 6) is -0.0232. The number of aliphatic hydroxyl groups excluding tert-OH is 1. The lowest BCUT2D eigenvalue weighted by Gasteiger charge is -2.25. The summed E-state index contributed by atoms with van der Waals surface area (Å²) in [6.07, 6.45) is 3.26. The van der Waals surface area contributed by atoms with Crippen molar-refractivity contribution in [2.45, 2.75) is 45.6 Å². The molecule has 0 aliphatic carbocycles. The topological polar surface area (TPSA) is 76.1 Å². The van der Waals surface area contributed by atoms with E-state index in [2.05, 4.69) is 6.58 Å². The Hall–Kier alpha value is -3.54. The molecule has 1 saturated heterocycles. The summed E-state index contributed by atoms with van der Waals surface area (Å²) in [7, 11) is 1.60. The van der Waals surface area contributed by atoms with Crippen LogP contribution < -0.4 is 9.47 Å². The first-order chi connectivity index (χ1) is 16.3. The van der Waals surface area contributed by atoms with Gasteiger partial charge in [0, 0.05) is 12.1 Å². The van der Waals surface area contributed by atoms with E-state index >= 15 is 0 Å². The van der Waals surface area contributed by atoms with E-state index in [0.29, 0.717) is 35.8 Å². The molecule has 6 heteroatoms. The van der Waals surface area contributed by atoms with Gasteiger partial charge >= 0.3 is 0 Å². The average molecular weight is 464 g/mol. The SMILES string of the molecule is C=CCOc1cccc(C2/C(=C(\O)c3ccc(OC)c(C(C)C)c3)C(=O)C(=O)N2CCCC)c1. The van der Waals surface area contributed by atoms with E-state index in [1.54, 1.807) is 36.3 Å². The van der Waals surface area contributed by atoms with Crippen LogP contribution in [0, 0.1) is 0 Å². The number of amides is 1. The van der Waals surface area contributed by atoms with Crippen LogP contribution in [0.5, 0.6) is 11.5 Å². The highest BCUT2D eigenvalue weighted by Crippen LogP contribution is 2.41. The number of aliphatic hydroxyl groups is 1. The number of nitrogens with zero attached hydrogens (tertiary/aromatic N) is 1. The predicted octanol–water partition coefficient (Wildman–Crippen LogP) is 5.61. The fraction of sp³-hybridized carbons (Fsp3) is 0.357. The smallest absolute Gasteiger partial charge is 0.295 e. The van der Waals surface area contributed by atoms with E-state index in [-0.39, 0.29) is 17.3 Å². The Morgan fingerprint density at radius 1 is 1.21 bits per heavy atom. The highest BCUT2D eigenvalue weighted by molar-refractivity contribution is 6.46. The maximum atomic E-state index is 13.2. The molecule has 0 bridgehead atoms. The molecule has 6 nitrogen and oxygen atoms in total. The second-order valence-electron chi connectivity index (χ2n) is 8.63. The Morgan fingerprint density at radius 2 is 1.97 bits per heavy atom. The second kappa shape index (κ2) is 11.1. The van der Waals surface area contributed by atoms with E-state index in [1.807, 2.05) is 45.0 Å². The van der Waals surface area contributed by atoms with Crippen LogP contribution in [0.1, 0.15) is 62.3 Å². The highest BCUT2D eigenvalue weighted by atomic mass is 16.5. The van der Waals surface area contributed by atoms with Crippen molar-refractivity contribution in [1.29, 1.82) is 0 Å². The zero-order valence-electron chi connectivity index (χ0n) is 20.3. The molecule has 2 aromatic carbocycles. The van der Waals surface area contributed by atoms with Gasteiger partial charge in [-0.2, -0.15) is 0 Å². The third-order valence-electron chi connectivity index (χ3n) is 5.96. The van der Waals surface area contributed by atoms with Gasteiger partial charge in [0.05, 0.1) is 18.7 Å². The summed E-state index contributed by atoms with van der Waals surface area (Å²) in [6, 6.07) is 11.9. The Labute approximate surface area is 201 Å². The van der Waals surface area contributed by atoms with Gasteiger partial charge in [-0.3, -0.25) is 9.59 Å². The monoisotopic (exact) mass is 463 g/mol. The lowest BCUT2D eigenvalue weighted by molar-refractivity contribution is -0.139. The summed E-state index contributed by atoms with van der Waals surface area (Å²) >= 11 is 0. The van der Waals surface area contributed by atoms with Crippen molar-refractivity contribution in [2.24, 2.45) is 0 Å². The standard InChI is InChI=1S/C28H33NO5/c1-6-8-14-29-25(19-10-9-11-21(16-19)34-15-7-2)24(27(31)28(29)32)26(30)20-12-13-23(33-5)22(17-20)18(3)4/h7,9-13,16-18,25,30H,2,6,8,14-15H2,1,3-5H3/b26-24+. The summed E-state index contributed by atoms with van der Waals surface area (Å²) in [6.45, 7) is 10.5. The molecule has 1 aliphatic rings. The molecule has 1 aliphatic heterocycles. The third-order valence-corrected chi connectivity index (χ3v) is 5.96. The number of ether oxygens (including phenoxy) is 2. The van der Waals surface area contributed by atoms with Crippen LogP contribution in [0.3, 0.4) is 0 Å². The number of unbranched alkanes of at least 4 members (excludes halogenated alkanes) is 1. The first-order valence-electron chi connectivity index (χ1n) is 11.6. The van der Waals surface area contributed by atoms with Gasteiger partial charge in [-0.15, -0.1) is 0 Å². The Bertz CT molecular complexity index is 1100. The number of ketones is 1. The van der Waals surface area contributed by atoms with E-state index in [9.17, 15) is 14.7 Å². The molecule has 34 heavy (non-hydrogen) atoms. The van der Waals surface area contributed by atoms with Gasteiger partial charge in [-0.1, -0.05) is 52.0 Å². The third kappa shape index (κ3) is 5.01. The Morgan fingerprint density at radius 3 is 2.62 bits per heavy atom. The van der Waals surface area contributed by atoms with Crippen LogP contribution in [0.4, 0.5) is 0 Å². The number of rotatable bonds is 10. The number of carbonyl (C=O) groups excluding carboxylic acids is 2. The van der Waals surface area contributed by atoms with Crippen molar-refractivity contribution in [3.05, 3.63) is 77.4 Å².